The molecule has 0 heterocycles. The summed E-state index contributed by atoms with van der Waals surface area (Å²) in [6.45, 7) is 3.27. The predicted molar refractivity (Wildman–Crippen MR) is 82.2 cm³/mol. The zero-order valence-corrected chi connectivity index (χ0v) is 13.3. The molecule has 1 aromatic carbocycles. The van der Waals surface area contributed by atoms with Crippen molar-refractivity contribution in [2.75, 3.05) is 5.75 Å². The Labute approximate surface area is 126 Å². The molecule has 0 saturated carbocycles. The summed E-state index contributed by atoms with van der Waals surface area (Å²) in [5.74, 6) is -0.987. The van der Waals surface area contributed by atoms with E-state index in [1.165, 1.54) is 0 Å². The summed E-state index contributed by atoms with van der Waals surface area (Å²) in [6, 6.07) is 7.52. The second kappa shape index (κ2) is 5.79. The van der Waals surface area contributed by atoms with Crippen LogP contribution in [-0.2, 0) is 26.5 Å². The summed E-state index contributed by atoms with van der Waals surface area (Å²) in [7, 11) is -3.24. The van der Waals surface area contributed by atoms with Crippen molar-refractivity contribution in [1.82, 2.24) is 0 Å². The maximum atomic E-state index is 12.1. The predicted octanol–water partition coefficient (Wildman–Crippen LogP) is 2.56. The topological polar surface area (TPSA) is 71.4 Å². The van der Waals surface area contributed by atoms with Gasteiger partial charge in [-0.2, -0.15) is 0 Å². The van der Waals surface area contributed by atoms with E-state index < -0.39 is 26.5 Å². The molecule has 0 amide bonds. The third kappa shape index (κ3) is 2.98. The first kappa shape index (κ1) is 16.0. The van der Waals surface area contributed by atoms with Gasteiger partial charge in [0, 0.05) is 0 Å². The lowest BCUT2D eigenvalue weighted by atomic mass is 9.68. The minimum Gasteiger partial charge on any atom is -0.481 e. The minimum atomic E-state index is -3.24. The number of hydrogen-bond donors (Lipinski definition) is 1. The molecule has 116 valence electrons. The molecule has 1 aliphatic rings. The van der Waals surface area contributed by atoms with Crippen molar-refractivity contribution < 1.29 is 18.3 Å². The molecule has 0 fully saturated rings. The maximum absolute atomic E-state index is 12.1. The van der Waals surface area contributed by atoms with Gasteiger partial charge >= 0.3 is 5.97 Å². The van der Waals surface area contributed by atoms with Crippen LogP contribution in [0.5, 0.6) is 0 Å². The highest BCUT2D eigenvalue weighted by Gasteiger charge is 2.44. The summed E-state index contributed by atoms with van der Waals surface area (Å²) in [6.07, 6.45) is 2.31. The average Bonchev–Trinajstić information content (AvgIpc) is 2.44. The van der Waals surface area contributed by atoms with Crippen LogP contribution in [-0.4, -0.2) is 30.5 Å². The SMILES string of the molecule is CC(C)S(=O)(=O)CCC1(C(=O)O)CCCc2ccccc21. The third-order valence-corrected chi connectivity index (χ3v) is 6.73. The second-order valence-corrected chi connectivity index (χ2v) is 8.74. The molecule has 21 heavy (non-hydrogen) atoms. The fourth-order valence-electron chi connectivity index (χ4n) is 3.06. The Morgan fingerprint density at radius 1 is 1.33 bits per heavy atom. The summed E-state index contributed by atoms with van der Waals surface area (Å²) >= 11 is 0. The van der Waals surface area contributed by atoms with Gasteiger partial charge in [0.05, 0.1) is 16.4 Å². The lowest BCUT2D eigenvalue weighted by Gasteiger charge is -2.35. The van der Waals surface area contributed by atoms with Crippen LogP contribution in [0.4, 0.5) is 0 Å². The molecule has 0 radical (unpaired) electrons. The Morgan fingerprint density at radius 2 is 2.00 bits per heavy atom. The number of aliphatic carboxylic acids is 1. The van der Waals surface area contributed by atoms with E-state index in [9.17, 15) is 18.3 Å². The van der Waals surface area contributed by atoms with Gasteiger partial charge in [0.2, 0.25) is 0 Å². The van der Waals surface area contributed by atoms with Crippen LogP contribution in [0, 0.1) is 0 Å². The van der Waals surface area contributed by atoms with Crippen LogP contribution in [0.2, 0.25) is 0 Å². The minimum absolute atomic E-state index is 0.0781. The number of carbonyl (C=O) groups is 1. The van der Waals surface area contributed by atoms with Crippen LogP contribution < -0.4 is 0 Å². The molecule has 0 bridgehead atoms. The molecular formula is C16H22O4S. The Kier molecular flexibility index (Phi) is 4.42. The van der Waals surface area contributed by atoms with Crippen molar-refractivity contribution in [3.8, 4) is 0 Å². The van der Waals surface area contributed by atoms with E-state index in [0.29, 0.717) is 6.42 Å². The molecule has 0 aromatic heterocycles. The number of benzene rings is 1. The molecule has 4 nitrogen and oxygen atoms in total. The van der Waals surface area contributed by atoms with Crippen LogP contribution in [0.3, 0.4) is 0 Å². The largest absolute Gasteiger partial charge is 0.481 e. The Hall–Kier alpha value is -1.36. The first-order chi connectivity index (χ1) is 9.79. The quantitative estimate of drug-likeness (QED) is 0.907. The van der Waals surface area contributed by atoms with Gasteiger partial charge in [-0.15, -0.1) is 0 Å². The zero-order valence-electron chi connectivity index (χ0n) is 12.5. The Morgan fingerprint density at radius 3 is 2.62 bits per heavy atom. The van der Waals surface area contributed by atoms with Gasteiger partial charge < -0.3 is 5.11 Å². The number of carboxylic acid groups (broad SMARTS) is 1. The smallest absolute Gasteiger partial charge is 0.314 e. The molecule has 0 spiro atoms. The van der Waals surface area contributed by atoms with Crippen LogP contribution in [0.25, 0.3) is 0 Å². The monoisotopic (exact) mass is 310 g/mol. The average molecular weight is 310 g/mol. The molecule has 1 unspecified atom stereocenters. The highest BCUT2D eigenvalue weighted by molar-refractivity contribution is 7.91. The first-order valence-electron chi connectivity index (χ1n) is 7.33. The van der Waals surface area contributed by atoms with Gasteiger partial charge in [0.15, 0.2) is 9.84 Å². The van der Waals surface area contributed by atoms with E-state index in [1.807, 2.05) is 24.3 Å². The number of aryl methyl sites for hydroxylation is 1. The first-order valence-corrected chi connectivity index (χ1v) is 9.04. The van der Waals surface area contributed by atoms with Gasteiger partial charge in [-0.25, -0.2) is 8.42 Å². The molecule has 5 heteroatoms. The van der Waals surface area contributed by atoms with Gasteiger partial charge in [-0.1, -0.05) is 24.3 Å². The number of hydrogen-bond acceptors (Lipinski definition) is 3. The van der Waals surface area contributed by atoms with E-state index in [1.54, 1.807) is 13.8 Å². The molecule has 1 atom stereocenters. The lowest BCUT2D eigenvalue weighted by molar-refractivity contribution is -0.144. The van der Waals surface area contributed by atoms with Crippen molar-refractivity contribution in [1.29, 1.82) is 0 Å². The molecule has 1 aromatic rings. The van der Waals surface area contributed by atoms with E-state index >= 15 is 0 Å². The number of sulfone groups is 1. The lowest BCUT2D eigenvalue weighted by Crippen LogP contribution is -2.41. The Balaban J connectivity index is 2.38. The molecule has 2 rings (SSSR count). The number of rotatable bonds is 5. The number of fused-ring (bicyclic) bond motifs is 1. The summed E-state index contributed by atoms with van der Waals surface area (Å²) in [5, 5.41) is 9.31. The molecular weight excluding hydrogens is 288 g/mol. The maximum Gasteiger partial charge on any atom is 0.314 e. The van der Waals surface area contributed by atoms with E-state index in [-0.39, 0.29) is 12.2 Å². The van der Waals surface area contributed by atoms with Crippen molar-refractivity contribution in [2.45, 2.75) is 50.2 Å². The van der Waals surface area contributed by atoms with Gasteiger partial charge in [0.1, 0.15) is 0 Å². The van der Waals surface area contributed by atoms with Crippen LogP contribution in [0.1, 0.15) is 44.2 Å². The standard InChI is InChI=1S/C16H22O4S/c1-12(2)21(19,20)11-10-16(15(17)18)9-5-7-13-6-3-4-8-14(13)16/h3-4,6,8,12H,5,7,9-11H2,1-2H3,(H,17,18). The van der Waals surface area contributed by atoms with Crippen molar-refractivity contribution in [3.63, 3.8) is 0 Å². The van der Waals surface area contributed by atoms with Gasteiger partial charge in [-0.05, 0) is 50.7 Å². The van der Waals surface area contributed by atoms with E-state index in [4.69, 9.17) is 0 Å². The van der Waals surface area contributed by atoms with E-state index in [0.717, 1.165) is 24.0 Å². The molecule has 1 N–H and O–H groups in total. The normalized spacial score (nSPS) is 22.0. The van der Waals surface area contributed by atoms with Crippen molar-refractivity contribution in [2.24, 2.45) is 0 Å². The fourth-order valence-corrected chi connectivity index (χ4v) is 4.17. The second-order valence-electron chi connectivity index (χ2n) is 6.06. The van der Waals surface area contributed by atoms with Crippen molar-refractivity contribution in [3.05, 3.63) is 35.4 Å². The zero-order chi connectivity index (χ0) is 15.7. The van der Waals surface area contributed by atoms with Gasteiger partial charge in [0.25, 0.3) is 0 Å². The molecule has 1 aliphatic carbocycles. The summed E-state index contributed by atoms with van der Waals surface area (Å²) in [4.78, 5) is 11.9. The highest BCUT2D eigenvalue weighted by Crippen LogP contribution is 2.40. The highest BCUT2D eigenvalue weighted by atomic mass is 32.2. The Bertz CT molecular complexity index is 633. The fraction of sp³-hybridized carbons (Fsp3) is 0.562. The summed E-state index contributed by atoms with van der Waals surface area (Å²) in [5.41, 5.74) is 0.771. The summed E-state index contributed by atoms with van der Waals surface area (Å²) < 4.78 is 24.1. The van der Waals surface area contributed by atoms with E-state index in [2.05, 4.69) is 0 Å². The van der Waals surface area contributed by atoms with Gasteiger partial charge in [-0.3, -0.25) is 4.79 Å². The van der Waals surface area contributed by atoms with Crippen LogP contribution >= 0.6 is 0 Å². The molecule has 0 saturated heterocycles. The van der Waals surface area contributed by atoms with Crippen molar-refractivity contribution >= 4 is 15.8 Å². The number of carboxylic acids is 1. The third-order valence-electron chi connectivity index (χ3n) is 4.52. The van der Waals surface area contributed by atoms with Crippen LogP contribution in [0.15, 0.2) is 24.3 Å². The molecule has 0 aliphatic heterocycles.